The van der Waals surface area contributed by atoms with E-state index < -0.39 is 0 Å². The molecule has 2 aromatic rings. The van der Waals surface area contributed by atoms with Crippen LogP contribution in [-0.4, -0.2) is 31.4 Å². The van der Waals surface area contributed by atoms with E-state index in [4.69, 9.17) is 4.74 Å². The maximum Gasteiger partial charge on any atom is 0.237 e. The molecular formula is C21H26N2O2S. The predicted molar refractivity (Wildman–Crippen MR) is 109 cm³/mol. The summed E-state index contributed by atoms with van der Waals surface area (Å²) >= 11 is 1.54. The molecule has 3 rings (SSSR count). The summed E-state index contributed by atoms with van der Waals surface area (Å²) in [6.45, 7) is 4.13. The Morgan fingerprint density at radius 3 is 2.54 bits per heavy atom. The van der Waals surface area contributed by atoms with Crippen molar-refractivity contribution in [2.45, 2.75) is 36.3 Å². The molecule has 138 valence electrons. The molecule has 0 aromatic heterocycles. The summed E-state index contributed by atoms with van der Waals surface area (Å²) in [5.74, 6) is 0.836. The number of anilines is 2. The van der Waals surface area contributed by atoms with Crippen LogP contribution in [-0.2, 0) is 4.79 Å². The van der Waals surface area contributed by atoms with Crippen molar-refractivity contribution >= 4 is 29.0 Å². The van der Waals surface area contributed by atoms with E-state index in [2.05, 4.69) is 22.3 Å². The lowest BCUT2D eigenvalue weighted by molar-refractivity contribution is -0.115. The molecule has 26 heavy (non-hydrogen) atoms. The summed E-state index contributed by atoms with van der Waals surface area (Å²) in [6.07, 6.45) is 3.80. The molecule has 5 heteroatoms. The minimum atomic E-state index is -0.179. The highest BCUT2D eigenvalue weighted by molar-refractivity contribution is 8.00. The van der Waals surface area contributed by atoms with Gasteiger partial charge in [0.05, 0.1) is 12.4 Å². The second kappa shape index (κ2) is 8.99. The third-order valence-electron chi connectivity index (χ3n) is 4.58. The predicted octanol–water partition coefficient (Wildman–Crippen LogP) is 4.80. The Labute approximate surface area is 159 Å². The number of thioether (sulfide) groups is 1. The molecule has 1 heterocycles. The lowest BCUT2D eigenvalue weighted by Crippen LogP contribution is -2.29. The zero-order chi connectivity index (χ0) is 18.4. The third-order valence-corrected chi connectivity index (χ3v) is 5.69. The number of piperidine rings is 1. The number of benzene rings is 2. The Balaban J connectivity index is 1.59. The van der Waals surface area contributed by atoms with Crippen molar-refractivity contribution in [3.05, 3.63) is 48.5 Å². The normalized spacial score (nSPS) is 15.4. The summed E-state index contributed by atoms with van der Waals surface area (Å²) in [5, 5.41) is 2.87. The van der Waals surface area contributed by atoms with E-state index in [9.17, 15) is 4.79 Å². The van der Waals surface area contributed by atoms with Gasteiger partial charge in [-0.25, -0.2) is 0 Å². The minimum absolute atomic E-state index is 0.0154. The first-order chi connectivity index (χ1) is 12.7. The van der Waals surface area contributed by atoms with Crippen molar-refractivity contribution in [2.75, 3.05) is 30.4 Å². The Kier molecular flexibility index (Phi) is 6.45. The highest BCUT2D eigenvalue weighted by Gasteiger charge is 2.16. The molecule has 0 radical (unpaired) electrons. The summed E-state index contributed by atoms with van der Waals surface area (Å²) in [5.41, 5.74) is 2.05. The first-order valence-corrected chi connectivity index (χ1v) is 10.0. The lowest BCUT2D eigenvalue weighted by Gasteiger charge is -2.29. The maximum atomic E-state index is 12.6. The highest BCUT2D eigenvalue weighted by Crippen LogP contribution is 2.27. The van der Waals surface area contributed by atoms with Crippen LogP contribution in [0.1, 0.15) is 26.2 Å². The molecule has 1 atom stereocenters. The Hall–Kier alpha value is -2.14. The van der Waals surface area contributed by atoms with Crippen molar-refractivity contribution in [3.63, 3.8) is 0 Å². The summed E-state index contributed by atoms with van der Waals surface area (Å²) in [4.78, 5) is 16.0. The van der Waals surface area contributed by atoms with Gasteiger partial charge in [-0.05, 0) is 68.7 Å². The van der Waals surface area contributed by atoms with E-state index in [1.165, 1.54) is 24.9 Å². The van der Waals surface area contributed by atoms with Gasteiger partial charge >= 0.3 is 0 Å². The van der Waals surface area contributed by atoms with E-state index in [-0.39, 0.29) is 11.2 Å². The van der Waals surface area contributed by atoms with Crippen LogP contribution in [0.5, 0.6) is 5.75 Å². The highest BCUT2D eigenvalue weighted by atomic mass is 32.2. The fourth-order valence-corrected chi connectivity index (χ4v) is 3.96. The number of hydrogen-bond donors (Lipinski definition) is 1. The van der Waals surface area contributed by atoms with Crippen molar-refractivity contribution in [1.29, 1.82) is 0 Å². The molecule has 1 aliphatic rings. The van der Waals surface area contributed by atoms with Crippen molar-refractivity contribution < 1.29 is 9.53 Å². The molecule has 1 fully saturated rings. The van der Waals surface area contributed by atoms with Crippen LogP contribution >= 0.6 is 11.8 Å². The molecule has 1 aliphatic heterocycles. The quantitative estimate of drug-likeness (QED) is 0.741. The van der Waals surface area contributed by atoms with Gasteiger partial charge in [0.2, 0.25) is 5.91 Å². The standard InChI is InChI=1S/C21H26N2O2S/c1-16(26-20-11-9-19(25-2)10-12-20)21(24)22-17-7-6-8-18(15-17)23-13-4-3-5-14-23/h6-12,15-16H,3-5,13-14H2,1-2H3,(H,22,24). The van der Waals surface area contributed by atoms with Gasteiger partial charge in [-0.15, -0.1) is 11.8 Å². The number of rotatable bonds is 6. The number of hydrogen-bond acceptors (Lipinski definition) is 4. The second-order valence-corrected chi connectivity index (χ2v) is 7.94. The molecule has 2 aromatic carbocycles. The van der Waals surface area contributed by atoms with Crippen molar-refractivity contribution in [1.82, 2.24) is 0 Å². The Morgan fingerprint density at radius 1 is 1.12 bits per heavy atom. The first-order valence-electron chi connectivity index (χ1n) is 9.12. The summed E-state index contributed by atoms with van der Waals surface area (Å²) in [6, 6.07) is 15.9. The van der Waals surface area contributed by atoms with Crippen LogP contribution < -0.4 is 15.0 Å². The number of nitrogens with one attached hydrogen (secondary N) is 1. The Morgan fingerprint density at radius 2 is 1.85 bits per heavy atom. The third kappa shape index (κ3) is 4.94. The van der Waals surface area contributed by atoms with Gasteiger partial charge in [0, 0.05) is 29.4 Å². The fourth-order valence-electron chi connectivity index (χ4n) is 3.09. The van der Waals surface area contributed by atoms with E-state index in [0.717, 1.165) is 29.4 Å². The minimum Gasteiger partial charge on any atom is -0.497 e. The monoisotopic (exact) mass is 370 g/mol. The molecular weight excluding hydrogens is 344 g/mol. The van der Waals surface area contributed by atoms with Crippen LogP contribution in [0.3, 0.4) is 0 Å². The smallest absolute Gasteiger partial charge is 0.237 e. The van der Waals surface area contributed by atoms with Crippen LogP contribution in [0.4, 0.5) is 11.4 Å². The number of ether oxygens (including phenoxy) is 1. The molecule has 0 saturated carbocycles. The van der Waals surface area contributed by atoms with Gasteiger partial charge in [-0.1, -0.05) is 6.07 Å². The van der Waals surface area contributed by atoms with Gasteiger partial charge in [-0.3, -0.25) is 4.79 Å². The van der Waals surface area contributed by atoms with Crippen molar-refractivity contribution in [3.8, 4) is 5.75 Å². The van der Waals surface area contributed by atoms with Gasteiger partial charge < -0.3 is 15.0 Å². The average molecular weight is 371 g/mol. The largest absolute Gasteiger partial charge is 0.497 e. The fraction of sp³-hybridized carbons (Fsp3) is 0.381. The maximum absolute atomic E-state index is 12.6. The number of carbonyl (C=O) groups excluding carboxylic acids is 1. The molecule has 1 amide bonds. The lowest BCUT2D eigenvalue weighted by atomic mass is 10.1. The second-order valence-electron chi connectivity index (χ2n) is 6.52. The van der Waals surface area contributed by atoms with Gasteiger partial charge in [-0.2, -0.15) is 0 Å². The van der Waals surface area contributed by atoms with E-state index in [1.54, 1.807) is 18.9 Å². The van der Waals surface area contributed by atoms with Crippen LogP contribution in [0.2, 0.25) is 0 Å². The van der Waals surface area contributed by atoms with E-state index >= 15 is 0 Å². The summed E-state index contributed by atoms with van der Waals surface area (Å²) < 4.78 is 5.17. The van der Waals surface area contributed by atoms with E-state index in [1.807, 2.05) is 43.3 Å². The zero-order valence-corrected chi connectivity index (χ0v) is 16.2. The molecule has 1 unspecified atom stereocenters. The van der Waals surface area contributed by atoms with Gasteiger partial charge in [0.15, 0.2) is 0 Å². The molecule has 0 aliphatic carbocycles. The SMILES string of the molecule is COc1ccc(SC(C)C(=O)Nc2cccc(N3CCCCC3)c2)cc1. The molecule has 0 spiro atoms. The van der Waals surface area contributed by atoms with E-state index in [0.29, 0.717) is 0 Å². The first kappa shape index (κ1) is 18.6. The van der Waals surface area contributed by atoms with Crippen LogP contribution in [0.15, 0.2) is 53.4 Å². The average Bonchev–Trinajstić information content (AvgIpc) is 2.69. The number of amides is 1. The number of carbonyl (C=O) groups is 1. The molecule has 0 bridgehead atoms. The topological polar surface area (TPSA) is 41.6 Å². The van der Waals surface area contributed by atoms with Gasteiger partial charge in [0.1, 0.15) is 5.75 Å². The number of methoxy groups -OCH3 is 1. The number of nitrogens with zero attached hydrogens (tertiary/aromatic N) is 1. The van der Waals surface area contributed by atoms with Crippen LogP contribution in [0, 0.1) is 0 Å². The molecule has 4 nitrogen and oxygen atoms in total. The van der Waals surface area contributed by atoms with Crippen LogP contribution in [0.25, 0.3) is 0 Å². The Bertz CT molecular complexity index is 727. The van der Waals surface area contributed by atoms with Crippen molar-refractivity contribution in [2.24, 2.45) is 0 Å². The zero-order valence-electron chi connectivity index (χ0n) is 15.4. The van der Waals surface area contributed by atoms with Gasteiger partial charge in [0.25, 0.3) is 0 Å². The molecule has 1 N–H and O–H groups in total. The summed E-state index contributed by atoms with van der Waals surface area (Å²) in [7, 11) is 1.65. The molecule has 1 saturated heterocycles.